The van der Waals surface area contributed by atoms with Gasteiger partial charge in [0.2, 0.25) is 0 Å². The zero-order valence-electron chi connectivity index (χ0n) is 15.6. The Kier molecular flexibility index (Phi) is 5.45. The smallest absolute Gasteiger partial charge is 0.335 e. The summed E-state index contributed by atoms with van der Waals surface area (Å²) in [6.07, 6.45) is 1.56. The second-order valence-electron chi connectivity index (χ2n) is 6.46. The van der Waals surface area contributed by atoms with E-state index in [0.29, 0.717) is 32.0 Å². The van der Waals surface area contributed by atoms with Crippen LogP contribution in [0.15, 0.2) is 70.0 Å². The third-order valence-electron chi connectivity index (χ3n) is 4.46. The Bertz CT molecular complexity index is 1260. The minimum Gasteiger partial charge on any atom is -0.478 e. The lowest BCUT2D eigenvalue weighted by Gasteiger charge is -2.14. The Balaban J connectivity index is 1.58. The van der Waals surface area contributed by atoms with Gasteiger partial charge in [-0.15, -0.1) is 0 Å². The molecule has 0 spiro atoms. The van der Waals surface area contributed by atoms with Gasteiger partial charge in [0.25, 0.3) is 5.91 Å². The Labute approximate surface area is 185 Å². The van der Waals surface area contributed by atoms with Gasteiger partial charge in [0.15, 0.2) is 4.32 Å². The fourth-order valence-corrected chi connectivity index (χ4v) is 4.24. The number of aromatic carboxylic acids is 2. The Morgan fingerprint density at radius 3 is 2.35 bits per heavy atom. The monoisotopic (exact) mass is 451 g/mol. The zero-order chi connectivity index (χ0) is 22.1. The van der Waals surface area contributed by atoms with E-state index in [4.69, 9.17) is 26.8 Å². The summed E-state index contributed by atoms with van der Waals surface area (Å²) in [4.78, 5) is 36.7. The van der Waals surface area contributed by atoms with Crippen LogP contribution in [0.5, 0.6) is 0 Å². The average Bonchev–Trinajstić information content (AvgIpc) is 3.33. The fourth-order valence-electron chi connectivity index (χ4n) is 2.96. The lowest BCUT2D eigenvalue weighted by Crippen LogP contribution is -2.27. The molecule has 0 saturated carbocycles. The van der Waals surface area contributed by atoms with E-state index in [0.717, 1.165) is 11.8 Å². The minimum absolute atomic E-state index is 0.111. The van der Waals surface area contributed by atoms with E-state index in [9.17, 15) is 14.4 Å². The van der Waals surface area contributed by atoms with Crippen molar-refractivity contribution in [3.05, 3.63) is 82.5 Å². The number of furan rings is 1. The van der Waals surface area contributed by atoms with Crippen molar-refractivity contribution in [2.45, 2.75) is 0 Å². The van der Waals surface area contributed by atoms with E-state index >= 15 is 0 Å². The predicted octanol–water partition coefficient (Wildman–Crippen LogP) is 4.75. The Hall–Kier alpha value is -3.69. The molecule has 1 saturated heterocycles. The third-order valence-corrected chi connectivity index (χ3v) is 5.76. The summed E-state index contributed by atoms with van der Waals surface area (Å²) in [6.45, 7) is 0. The second kappa shape index (κ2) is 8.21. The summed E-state index contributed by atoms with van der Waals surface area (Å²) >= 11 is 6.43. The molecule has 2 N–H and O–H groups in total. The first-order valence-corrected chi connectivity index (χ1v) is 10.1. The highest BCUT2D eigenvalue weighted by Gasteiger charge is 2.33. The summed E-state index contributed by atoms with van der Waals surface area (Å²) in [5.74, 6) is -1.55. The molecule has 1 aliphatic rings. The van der Waals surface area contributed by atoms with Gasteiger partial charge in [0, 0.05) is 11.6 Å². The van der Waals surface area contributed by atoms with E-state index in [2.05, 4.69) is 0 Å². The van der Waals surface area contributed by atoms with E-state index in [-0.39, 0.29) is 17.0 Å². The number of carboxylic acid groups (broad SMARTS) is 2. The topological polar surface area (TPSA) is 108 Å². The molecule has 9 heteroatoms. The number of rotatable bonds is 5. The fraction of sp³-hybridized carbons (Fsp3) is 0. The highest BCUT2D eigenvalue weighted by molar-refractivity contribution is 8.27. The average molecular weight is 451 g/mol. The molecule has 1 aliphatic heterocycles. The van der Waals surface area contributed by atoms with Gasteiger partial charge in [-0.25, -0.2) is 9.59 Å². The van der Waals surface area contributed by atoms with Crippen LogP contribution in [0.1, 0.15) is 26.5 Å². The van der Waals surface area contributed by atoms with Crippen LogP contribution in [0.2, 0.25) is 0 Å². The number of amides is 1. The van der Waals surface area contributed by atoms with E-state index in [1.165, 1.54) is 41.3 Å². The molecule has 1 fully saturated rings. The van der Waals surface area contributed by atoms with Crippen LogP contribution in [-0.4, -0.2) is 32.4 Å². The first kappa shape index (κ1) is 20.6. The van der Waals surface area contributed by atoms with E-state index in [1.807, 2.05) is 0 Å². The minimum atomic E-state index is -1.06. The van der Waals surface area contributed by atoms with Crippen LogP contribution < -0.4 is 4.90 Å². The molecule has 0 aliphatic carbocycles. The number of thioether (sulfide) groups is 1. The maximum Gasteiger partial charge on any atom is 0.335 e. The molecule has 0 unspecified atom stereocenters. The van der Waals surface area contributed by atoms with Crippen molar-refractivity contribution in [2.24, 2.45) is 0 Å². The number of carbonyl (C=O) groups excluding carboxylic acids is 1. The van der Waals surface area contributed by atoms with Gasteiger partial charge in [-0.3, -0.25) is 9.69 Å². The van der Waals surface area contributed by atoms with Crippen LogP contribution >= 0.6 is 24.0 Å². The molecule has 0 radical (unpaired) electrons. The lowest BCUT2D eigenvalue weighted by atomic mass is 10.1. The summed E-state index contributed by atoms with van der Waals surface area (Å²) in [6, 6.07) is 15.6. The first-order chi connectivity index (χ1) is 14.8. The number of benzene rings is 2. The maximum atomic E-state index is 12.9. The molecule has 31 heavy (non-hydrogen) atoms. The molecule has 0 atom stereocenters. The third kappa shape index (κ3) is 4.14. The molecule has 7 nitrogen and oxygen atoms in total. The summed E-state index contributed by atoms with van der Waals surface area (Å²) in [5, 5.41) is 18.2. The molecule has 1 aromatic heterocycles. The van der Waals surface area contributed by atoms with Crippen molar-refractivity contribution in [2.75, 3.05) is 4.90 Å². The maximum absolute atomic E-state index is 12.9. The van der Waals surface area contributed by atoms with Crippen LogP contribution in [0.4, 0.5) is 5.69 Å². The molecule has 2 aromatic carbocycles. The highest BCUT2D eigenvalue weighted by atomic mass is 32.2. The van der Waals surface area contributed by atoms with Crippen LogP contribution in [-0.2, 0) is 4.79 Å². The molecule has 0 bridgehead atoms. The van der Waals surface area contributed by atoms with Gasteiger partial charge in [0.05, 0.1) is 21.7 Å². The number of nitrogens with zero attached hydrogens (tertiary/aromatic N) is 1. The van der Waals surface area contributed by atoms with Crippen molar-refractivity contribution in [3.63, 3.8) is 0 Å². The van der Waals surface area contributed by atoms with Crippen molar-refractivity contribution >= 4 is 57.9 Å². The highest BCUT2D eigenvalue weighted by Crippen LogP contribution is 2.36. The van der Waals surface area contributed by atoms with Gasteiger partial charge >= 0.3 is 11.9 Å². The van der Waals surface area contributed by atoms with Crippen molar-refractivity contribution in [1.82, 2.24) is 0 Å². The number of hydrogen-bond donors (Lipinski definition) is 2. The normalized spacial score (nSPS) is 15.0. The van der Waals surface area contributed by atoms with Gasteiger partial charge < -0.3 is 14.6 Å². The molecule has 2 heterocycles. The van der Waals surface area contributed by atoms with Gasteiger partial charge in [-0.05, 0) is 48.5 Å². The quantitative estimate of drug-likeness (QED) is 0.423. The molecule has 1 amide bonds. The largest absolute Gasteiger partial charge is 0.478 e. The molecule has 4 rings (SSSR count). The molecular formula is C22H13NO6S2. The number of hydrogen-bond acceptors (Lipinski definition) is 6. The summed E-state index contributed by atoms with van der Waals surface area (Å²) in [7, 11) is 0. The number of thiocarbonyl (C=S) groups is 1. The van der Waals surface area contributed by atoms with Gasteiger partial charge in [0.1, 0.15) is 11.5 Å². The first-order valence-electron chi connectivity index (χ1n) is 8.88. The molecule has 154 valence electrons. The molecule has 3 aromatic rings. The van der Waals surface area contributed by atoms with E-state index < -0.39 is 11.9 Å². The van der Waals surface area contributed by atoms with Crippen molar-refractivity contribution < 1.29 is 29.0 Å². The Morgan fingerprint density at radius 2 is 1.68 bits per heavy atom. The molecular weight excluding hydrogens is 438 g/mol. The standard InChI is InChI=1S/C22H13NO6S2/c24-19-18(31-22(30)23(19)15-6-4-12(5-7-15)20(25)26)11-16-8-9-17(29-16)13-2-1-3-14(10-13)21(27)28/h1-11H,(H,25,26)(H,27,28). The van der Waals surface area contributed by atoms with Crippen LogP contribution in [0, 0.1) is 0 Å². The second-order valence-corrected chi connectivity index (χ2v) is 8.13. The number of carbonyl (C=O) groups is 3. The van der Waals surface area contributed by atoms with Crippen molar-refractivity contribution in [3.8, 4) is 11.3 Å². The van der Waals surface area contributed by atoms with Gasteiger partial charge in [-0.2, -0.15) is 0 Å². The SMILES string of the molecule is O=C(O)c1ccc(N2C(=O)C(=Cc3ccc(-c4cccc(C(=O)O)c4)o3)SC2=S)cc1. The van der Waals surface area contributed by atoms with Crippen LogP contribution in [0.3, 0.4) is 0 Å². The lowest BCUT2D eigenvalue weighted by molar-refractivity contribution is -0.113. The summed E-state index contributed by atoms with van der Waals surface area (Å²) < 4.78 is 6.09. The van der Waals surface area contributed by atoms with Gasteiger partial charge in [-0.1, -0.05) is 36.1 Å². The van der Waals surface area contributed by atoms with Crippen LogP contribution in [0.25, 0.3) is 17.4 Å². The Morgan fingerprint density at radius 1 is 0.968 bits per heavy atom. The number of anilines is 1. The predicted molar refractivity (Wildman–Crippen MR) is 120 cm³/mol. The zero-order valence-corrected chi connectivity index (χ0v) is 17.3. The number of carboxylic acids is 2. The van der Waals surface area contributed by atoms with Crippen molar-refractivity contribution in [1.29, 1.82) is 0 Å². The van der Waals surface area contributed by atoms with E-state index in [1.54, 1.807) is 30.3 Å². The summed E-state index contributed by atoms with van der Waals surface area (Å²) in [5.41, 5.74) is 1.33.